The smallest absolute Gasteiger partial charge is 0.258 e. The van der Waals surface area contributed by atoms with Gasteiger partial charge in [0.25, 0.3) is 5.56 Å². The molecule has 0 saturated heterocycles. The number of pyridine rings is 1. The van der Waals surface area contributed by atoms with Crippen LogP contribution < -0.4 is 15.6 Å². The third-order valence-corrected chi connectivity index (χ3v) is 6.92. The van der Waals surface area contributed by atoms with Crippen molar-refractivity contribution >= 4 is 21.4 Å². The van der Waals surface area contributed by atoms with Crippen molar-refractivity contribution in [1.29, 1.82) is 0 Å². The Balaban J connectivity index is 1.45. The van der Waals surface area contributed by atoms with E-state index in [0.717, 1.165) is 24.2 Å². The molecule has 152 valence electrons. The van der Waals surface area contributed by atoms with Gasteiger partial charge >= 0.3 is 0 Å². The number of hydrogen-bond donors (Lipinski definition) is 1. The zero-order valence-electron chi connectivity index (χ0n) is 17.1. The molecule has 2 aromatic carbocycles. The predicted molar refractivity (Wildman–Crippen MR) is 123 cm³/mol. The summed E-state index contributed by atoms with van der Waals surface area (Å²) in [4.78, 5) is 14.2. The predicted octanol–water partition coefficient (Wildman–Crippen LogP) is 5.01. The standard InChI is InChI=1S/C25H24N2O2S/c1-25(2)24-20-9-8-18(14-22(20)30-21(24)10-12-26-25)27-13-11-19(15-23(27)28)29-16-17-6-4-3-5-7-17/h3-9,11,13-15,26H,10,12,16H2,1-2H3. The highest BCUT2D eigenvalue weighted by molar-refractivity contribution is 7.19. The number of ether oxygens (including phenoxy) is 1. The SMILES string of the molecule is CC1(C)NCCc2sc3cc(-n4ccc(OCc5ccccc5)cc4=O)ccc3c21. The molecule has 2 aromatic heterocycles. The molecule has 4 nitrogen and oxygen atoms in total. The summed E-state index contributed by atoms with van der Waals surface area (Å²) in [6.07, 6.45) is 2.85. The van der Waals surface area contributed by atoms with E-state index in [1.54, 1.807) is 16.8 Å². The van der Waals surface area contributed by atoms with Crippen molar-refractivity contribution in [3.05, 3.63) is 93.2 Å². The minimum Gasteiger partial charge on any atom is -0.489 e. The van der Waals surface area contributed by atoms with Crippen LogP contribution in [0.3, 0.4) is 0 Å². The second-order valence-corrected chi connectivity index (χ2v) is 9.36. The molecule has 0 amide bonds. The van der Waals surface area contributed by atoms with Crippen LogP contribution in [0.1, 0.15) is 29.9 Å². The minimum absolute atomic E-state index is 0.0259. The van der Waals surface area contributed by atoms with Crippen LogP contribution in [0.4, 0.5) is 0 Å². The first-order valence-corrected chi connectivity index (χ1v) is 11.0. The molecule has 0 fully saturated rings. The lowest BCUT2D eigenvalue weighted by Gasteiger charge is -2.32. The van der Waals surface area contributed by atoms with Crippen molar-refractivity contribution in [3.63, 3.8) is 0 Å². The summed E-state index contributed by atoms with van der Waals surface area (Å²) < 4.78 is 8.70. The number of rotatable bonds is 4. The van der Waals surface area contributed by atoms with Crippen LogP contribution in [-0.2, 0) is 18.6 Å². The second kappa shape index (κ2) is 7.42. The number of aromatic nitrogens is 1. The van der Waals surface area contributed by atoms with Gasteiger partial charge in [0, 0.05) is 33.9 Å². The van der Waals surface area contributed by atoms with E-state index in [-0.39, 0.29) is 11.1 Å². The number of nitrogens with zero attached hydrogens (tertiary/aromatic N) is 1. The molecule has 0 saturated carbocycles. The van der Waals surface area contributed by atoms with E-state index in [1.165, 1.54) is 20.5 Å². The molecule has 5 heteroatoms. The van der Waals surface area contributed by atoms with Crippen molar-refractivity contribution in [2.45, 2.75) is 32.4 Å². The topological polar surface area (TPSA) is 43.3 Å². The van der Waals surface area contributed by atoms with Gasteiger partial charge in [-0.3, -0.25) is 9.36 Å². The van der Waals surface area contributed by atoms with E-state index in [2.05, 4.69) is 31.3 Å². The molecular weight excluding hydrogens is 392 g/mol. The molecule has 30 heavy (non-hydrogen) atoms. The van der Waals surface area contributed by atoms with Crippen LogP contribution in [0.25, 0.3) is 15.8 Å². The highest BCUT2D eigenvalue weighted by Crippen LogP contribution is 2.41. The van der Waals surface area contributed by atoms with Crippen LogP contribution in [0.5, 0.6) is 5.75 Å². The van der Waals surface area contributed by atoms with Gasteiger partial charge in [0.2, 0.25) is 0 Å². The molecule has 0 radical (unpaired) electrons. The molecule has 0 spiro atoms. The van der Waals surface area contributed by atoms with Gasteiger partial charge < -0.3 is 10.1 Å². The Morgan fingerprint density at radius 1 is 1.10 bits per heavy atom. The second-order valence-electron chi connectivity index (χ2n) is 8.23. The van der Waals surface area contributed by atoms with E-state index in [1.807, 2.05) is 53.8 Å². The Morgan fingerprint density at radius 2 is 1.93 bits per heavy atom. The lowest BCUT2D eigenvalue weighted by atomic mass is 9.88. The van der Waals surface area contributed by atoms with Crippen molar-refractivity contribution in [2.24, 2.45) is 0 Å². The molecule has 1 aliphatic heterocycles. The molecule has 3 heterocycles. The Kier molecular flexibility index (Phi) is 4.72. The number of benzene rings is 2. The fourth-order valence-corrected chi connectivity index (χ4v) is 5.63. The van der Waals surface area contributed by atoms with Gasteiger partial charge in [0.05, 0.1) is 5.69 Å². The van der Waals surface area contributed by atoms with Gasteiger partial charge in [-0.25, -0.2) is 0 Å². The first-order chi connectivity index (χ1) is 14.5. The zero-order valence-corrected chi connectivity index (χ0v) is 18.0. The van der Waals surface area contributed by atoms with E-state index >= 15 is 0 Å². The normalized spacial score (nSPS) is 15.1. The molecule has 5 rings (SSSR count). The van der Waals surface area contributed by atoms with Gasteiger partial charge in [-0.2, -0.15) is 0 Å². The first kappa shape index (κ1) is 19.1. The Hall–Kier alpha value is -2.89. The van der Waals surface area contributed by atoms with Crippen molar-refractivity contribution < 1.29 is 4.74 Å². The zero-order chi connectivity index (χ0) is 20.7. The molecule has 1 aliphatic rings. The van der Waals surface area contributed by atoms with Crippen LogP contribution in [0.2, 0.25) is 0 Å². The van der Waals surface area contributed by atoms with Crippen LogP contribution in [0, 0.1) is 0 Å². The third-order valence-electron chi connectivity index (χ3n) is 5.71. The van der Waals surface area contributed by atoms with Gasteiger partial charge in [-0.1, -0.05) is 36.4 Å². The summed E-state index contributed by atoms with van der Waals surface area (Å²) in [7, 11) is 0. The van der Waals surface area contributed by atoms with Crippen molar-refractivity contribution in [1.82, 2.24) is 9.88 Å². The lowest BCUT2D eigenvalue weighted by Crippen LogP contribution is -2.41. The third kappa shape index (κ3) is 3.44. The fourth-order valence-electron chi connectivity index (χ4n) is 4.23. The Morgan fingerprint density at radius 3 is 2.73 bits per heavy atom. The summed E-state index contributed by atoms with van der Waals surface area (Å²) in [5, 5.41) is 4.90. The van der Waals surface area contributed by atoms with Crippen molar-refractivity contribution in [2.75, 3.05) is 6.54 Å². The van der Waals surface area contributed by atoms with Gasteiger partial charge in [-0.15, -0.1) is 11.3 Å². The Bertz CT molecular complexity index is 1270. The first-order valence-electron chi connectivity index (χ1n) is 10.2. The van der Waals surface area contributed by atoms with Gasteiger partial charge in [0.1, 0.15) is 12.4 Å². The monoisotopic (exact) mass is 416 g/mol. The minimum atomic E-state index is -0.0942. The largest absolute Gasteiger partial charge is 0.489 e. The molecule has 0 atom stereocenters. The molecule has 4 aromatic rings. The lowest BCUT2D eigenvalue weighted by molar-refractivity contribution is 0.305. The molecule has 0 aliphatic carbocycles. The highest BCUT2D eigenvalue weighted by Gasteiger charge is 2.30. The fraction of sp³-hybridized carbons (Fsp3) is 0.240. The van der Waals surface area contributed by atoms with E-state index in [9.17, 15) is 4.79 Å². The summed E-state index contributed by atoms with van der Waals surface area (Å²) in [5.41, 5.74) is 3.24. The van der Waals surface area contributed by atoms with E-state index < -0.39 is 0 Å². The molecule has 0 bridgehead atoms. The average molecular weight is 417 g/mol. The highest BCUT2D eigenvalue weighted by atomic mass is 32.1. The van der Waals surface area contributed by atoms with E-state index in [0.29, 0.717) is 12.4 Å². The van der Waals surface area contributed by atoms with Crippen LogP contribution >= 0.6 is 11.3 Å². The van der Waals surface area contributed by atoms with Gasteiger partial charge in [-0.05, 0) is 55.0 Å². The summed E-state index contributed by atoms with van der Waals surface area (Å²) in [6.45, 7) is 5.93. The number of fused-ring (bicyclic) bond motifs is 3. The summed E-state index contributed by atoms with van der Waals surface area (Å²) >= 11 is 1.85. The number of nitrogens with one attached hydrogen (secondary N) is 1. The summed E-state index contributed by atoms with van der Waals surface area (Å²) in [6, 6.07) is 19.7. The quantitative estimate of drug-likeness (QED) is 0.508. The van der Waals surface area contributed by atoms with Crippen molar-refractivity contribution in [3.8, 4) is 11.4 Å². The average Bonchev–Trinajstić information content (AvgIpc) is 3.12. The van der Waals surface area contributed by atoms with Crippen LogP contribution in [-0.4, -0.2) is 11.1 Å². The Labute approximate surface area is 179 Å². The maximum absolute atomic E-state index is 12.8. The molecule has 0 unspecified atom stereocenters. The molecular formula is C25H24N2O2S. The number of thiophene rings is 1. The maximum atomic E-state index is 12.8. The van der Waals surface area contributed by atoms with Gasteiger partial charge in [0.15, 0.2) is 0 Å². The summed E-state index contributed by atoms with van der Waals surface area (Å²) in [5.74, 6) is 0.584. The van der Waals surface area contributed by atoms with E-state index in [4.69, 9.17) is 4.74 Å². The molecule has 1 N–H and O–H groups in total. The maximum Gasteiger partial charge on any atom is 0.258 e. The number of hydrogen-bond acceptors (Lipinski definition) is 4. The van der Waals surface area contributed by atoms with Crippen LogP contribution in [0.15, 0.2) is 71.7 Å².